The van der Waals surface area contributed by atoms with Crippen LogP contribution in [0.3, 0.4) is 0 Å². The lowest BCUT2D eigenvalue weighted by Gasteiger charge is -2.25. The molecular formula is C22H20Cl2FN3O3. The molecule has 3 heterocycles. The Balaban J connectivity index is 1.57. The molecule has 0 unspecified atom stereocenters. The first kappa shape index (κ1) is 21.5. The molecule has 31 heavy (non-hydrogen) atoms. The van der Waals surface area contributed by atoms with Gasteiger partial charge < -0.3 is 19.8 Å². The van der Waals surface area contributed by atoms with Crippen molar-refractivity contribution in [2.75, 3.05) is 25.4 Å². The molecule has 9 heteroatoms. The highest BCUT2D eigenvalue weighted by Gasteiger charge is 2.21. The maximum absolute atomic E-state index is 13.7. The second-order valence-electron chi connectivity index (χ2n) is 7.23. The second kappa shape index (κ2) is 8.77. The number of nitrogen functional groups attached to an aromatic ring is 1. The number of nitrogens with two attached hydrogens (primary N) is 1. The predicted molar refractivity (Wildman–Crippen MR) is 119 cm³/mol. The van der Waals surface area contributed by atoms with Gasteiger partial charge in [0, 0.05) is 43.2 Å². The molecule has 6 nitrogen and oxygen atoms in total. The summed E-state index contributed by atoms with van der Waals surface area (Å²) in [4.78, 5) is 17.6. The van der Waals surface area contributed by atoms with Crippen molar-refractivity contribution >= 4 is 51.5 Å². The smallest absolute Gasteiger partial charge is 0.219 e. The molecule has 0 saturated carbocycles. The lowest BCUT2D eigenvalue weighted by atomic mass is 9.99. The van der Waals surface area contributed by atoms with Crippen LogP contribution in [0.2, 0.25) is 10.0 Å². The van der Waals surface area contributed by atoms with Crippen LogP contribution in [0, 0.1) is 5.82 Å². The highest BCUT2D eigenvalue weighted by atomic mass is 35.5. The van der Waals surface area contributed by atoms with E-state index in [1.807, 2.05) is 6.08 Å². The Morgan fingerprint density at radius 1 is 1.39 bits per heavy atom. The van der Waals surface area contributed by atoms with Crippen molar-refractivity contribution in [3.63, 3.8) is 0 Å². The Hall–Kier alpha value is -2.77. The quantitative estimate of drug-likeness (QED) is 0.531. The summed E-state index contributed by atoms with van der Waals surface area (Å²) in [6.07, 6.45) is 6.30. The van der Waals surface area contributed by atoms with Crippen molar-refractivity contribution < 1.29 is 18.3 Å². The molecule has 2 aromatic heterocycles. The van der Waals surface area contributed by atoms with E-state index < -0.39 is 5.82 Å². The summed E-state index contributed by atoms with van der Waals surface area (Å²) in [5, 5.41) is 1.11. The number of halogens is 3. The molecule has 0 saturated heterocycles. The topological polar surface area (TPSA) is 81.6 Å². The highest BCUT2D eigenvalue weighted by Crippen LogP contribution is 2.37. The van der Waals surface area contributed by atoms with E-state index in [2.05, 4.69) is 4.98 Å². The Labute approximate surface area is 188 Å². The van der Waals surface area contributed by atoms with E-state index in [9.17, 15) is 9.18 Å². The number of pyridine rings is 1. The van der Waals surface area contributed by atoms with Crippen LogP contribution < -0.4 is 10.5 Å². The van der Waals surface area contributed by atoms with Gasteiger partial charge in [0.2, 0.25) is 11.7 Å². The van der Waals surface area contributed by atoms with E-state index in [1.54, 1.807) is 24.3 Å². The summed E-state index contributed by atoms with van der Waals surface area (Å²) in [6.45, 7) is 2.92. The average Bonchev–Trinajstić information content (AvgIpc) is 3.19. The Morgan fingerprint density at radius 2 is 2.19 bits per heavy atom. The summed E-state index contributed by atoms with van der Waals surface area (Å²) in [7, 11) is 0. The zero-order valence-electron chi connectivity index (χ0n) is 16.8. The monoisotopic (exact) mass is 463 g/mol. The number of nitrogens with zero attached hydrogens (tertiary/aromatic N) is 2. The van der Waals surface area contributed by atoms with Crippen LogP contribution in [0.15, 0.2) is 35.1 Å². The number of aromatic nitrogens is 1. The number of amides is 1. The van der Waals surface area contributed by atoms with Gasteiger partial charge in [-0.15, -0.1) is 0 Å². The predicted octanol–water partition coefficient (Wildman–Crippen LogP) is 5.11. The number of hydrogen-bond donors (Lipinski definition) is 1. The van der Waals surface area contributed by atoms with Gasteiger partial charge in [-0.1, -0.05) is 29.3 Å². The van der Waals surface area contributed by atoms with Gasteiger partial charge in [0.15, 0.2) is 11.4 Å². The SMILES string of the molecule is CC(=O)N1CC=C(c2coc3c(OCCc4c(Cl)ccc(F)c4Cl)c(N)ncc23)CC1. The van der Waals surface area contributed by atoms with Crippen LogP contribution in [0.25, 0.3) is 16.5 Å². The molecule has 4 rings (SSSR count). The molecule has 0 bridgehead atoms. The van der Waals surface area contributed by atoms with Crippen molar-refractivity contribution in [2.24, 2.45) is 0 Å². The number of ether oxygens (including phenoxy) is 1. The van der Waals surface area contributed by atoms with E-state index in [4.69, 9.17) is 38.1 Å². The summed E-state index contributed by atoms with van der Waals surface area (Å²) in [5.41, 5.74) is 8.94. The summed E-state index contributed by atoms with van der Waals surface area (Å²) in [5.74, 6) is 0.0134. The number of rotatable bonds is 5. The number of anilines is 1. The molecule has 1 amide bonds. The van der Waals surface area contributed by atoms with Crippen molar-refractivity contribution in [1.82, 2.24) is 9.88 Å². The minimum Gasteiger partial charge on any atom is -0.486 e. The highest BCUT2D eigenvalue weighted by molar-refractivity contribution is 6.36. The normalized spacial score (nSPS) is 14.1. The van der Waals surface area contributed by atoms with Crippen LogP contribution in [0.5, 0.6) is 5.75 Å². The lowest BCUT2D eigenvalue weighted by Crippen LogP contribution is -2.32. The van der Waals surface area contributed by atoms with Gasteiger partial charge in [0.25, 0.3) is 0 Å². The zero-order valence-corrected chi connectivity index (χ0v) is 18.3. The third kappa shape index (κ3) is 4.20. The third-order valence-corrected chi connectivity index (χ3v) is 6.10. The number of furan rings is 1. The van der Waals surface area contributed by atoms with Crippen LogP contribution >= 0.6 is 23.2 Å². The molecule has 1 aromatic carbocycles. The van der Waals surface area contributed by atoms with Crippen LogP contribution in [0.4, 0.5) is 10.2 Å². The minimum absolute atomic E-state index is 0.0236. The van der Waals surface area contributed by atoms with Crippen LogP contribution in [-0.4, -0.2) is 35.5 Å². The first-order valence-electron chi connectivity index (χ1n) is 9.72. The van der Waals surface area contributed by atoms with Crippen molar-refractivity contribution in [3.05, 3.63) is 57.7 Å². The standard InChI is InChI=1S/C22H20Cl2FN3O3/c1-12(29)28-7-4-13(5-8-28)16-11-31-20-15(16)10-27-22(26)21(20)30-9-6-14-17(23)2-3-18(25)19(14)24/h2-4,10-11H,5-9H2,1H3,(H2,26,27). The molecule has 0 spiro atoms. The third-order valence-electron chi connectivity index (χ3n) is 5.34. The van der Waals surface area contributed by atoms with Crippen molar-refractivity contribution in [2.45, 2.75) is 19.8 Å². The summed E-state index contributed by atoms with van der Waals surface area (Å²) >= 11 is 12.2. The second-order valence-corrected chi connectivity index (χ2v) is 8.01. The van der Waals surface area contributed by atoms with Gasteiger partial charge in [-0.2, -0.15) is 0 Å². The zero-order chi connectivity index (χ0) is 22.1. The number of carbonyl (C=O) groups is 1. The maximum atomic E-state index is 13.7. The fourth-order valence-electron chi connectivity index (χ4n) is 3.62. The van der Waals surface area contributed by atoms with Crippen LogP contribution in [0.1, 0.15) is 24.5 Å². The number of carbonyl (C=O) groups excluding carboxylic acids is 1. The van der Waals surface area contributed by atoms with E-state index >= 15 is 0 Å². The molecule has 2 N–H and O–H groups in total. The van der Waals surface area contributed by atoms with Crippen molar-refractivity contribution in [1.29, 1.82) is 0 Å². The molecule has 0 fully saturated rings. The van der Waals surface area contributed by atoms with Gasteiger partial charge >= 0.3 is 0 Å². The number of hydrogen-bond acceptors (Lipinski definition) is 5. The Bertz CT molecular complexity index is 1190. The molecule has 1 aliphatic heterocycles. The van der Waals surface area contributed by atoms with E-state index in [0.29, 0.717) is 41.4 Å². The average molecular weight is 464 g/mol. The van der Waals surface area contributed by atoms with Crippen LogP contribution in [-0.2, 0) is 11.2 Å². The van der Waals surface area contributed by atoms with Gasteiger partial charge in [-0.3, -0.25) is 4.79 Å². The molecule has 0 radical (unpaired) electrons. The van der Waals surface area contributed by atoms with E-state index in [1.165, 1.54) is 12.1 Å². The van der Waals surface area contributed by atoms with Gasteiger partial charge in [-0.25, -0.2) is 9.37 Å². The molecule has 162 valence electrons. The fourth-order valence-corrected chi connectivity index (χ4v) is 4.18. The first-order valence-corrected chi connectivity index (χ1v) is 10.5. The Morgan fingerprint density at radius 3 is 2.90 bits per heavy atom. The van der Waals surface area contributed by atoms with Gasteiger partial charge in [0.05, 0.1) is 23.3 Å². The molecule has 3 aromatic rings. The van der Waals surface area contributed by atoms with Crippen molar-refractivity contribution in [3.8, 4) is 5.75 Å². The summed E-state index contributed by atoms with van der Waals surface area (Å²) < 4.78 is 25.4. The molecule has 0 aliphatic carbocycles. The molecule has 1 aliphatic rings. The first-order chi connectivity index (χ1) is 14.9. The summed E-state index contributed by atoms with van der Waals surface area (Å²) in [6, 6.07) is 2.68. The maximum Gasteiger partial charge on any atom is 0.219 e. The lowest BCUT2D eigenvalue weighted by molar-refractivity contribution is -0.128. The van der Waals surface area contributed by atoms with E-state index in [0.717, 1.165) is 16.5 Å². The Kier molecular flexibility index (Phi) is 6.07. The fraction of sp³-hybridized carbons (Fsp3) is 0.273. The van der Waals surface area contributed by atoms with E-state index in [-0.39, 0.29) is 29.8 Å². The molecular weight excluding hydrogens is 444 g/mol. The largest absolute Gasteiger partial charge is 0.486 e. The number of benzene rings is 1. The number of fused-ring (bicyclic) bond motifs is 1. The minimum atomic E-state index is -0.538. The van der Waals surface area contributed by atoms with Gasteiger partial charge in [0.1, 0.15) is 5.82 Å². The van der Waals surface area contributed by atoms with Gasteiger partial charge in [-0.05, 0) is 29.7 Å². The molecule has 0 atom stereocenters.